The van der Waals surface area contributed by atoms with Crippen molar-refractivity contribution in [3.63, 3.8) is 0 Å². The Hall–Kier alpha value is -1.73. The molecule has 0 bridgehead atoms. The molecule has 29 heavy (non-hydrogen) atoms. The van der Waals surface area contributed by atoms with Gasteiger partial charge in [-0.25, -0.2) is 0 Å². The van der Waals surface area contributed by atoms with Crippen LogP contribution in [0, 0.1) is 0 Å². The van der Waals surface area contributed by atoms with E-state index in [-0.39, 0.29) is 11.7 Å². The summed E-state index contributed by atoms with van der Waals surface area (Å²) in [5.74, 6) is 1.37. The van der Waals surface area contributed by atoms with E-state index in [9.17, 15) is 4.79 Å². The lowest BCUT2D eigenvalue weighted by molar-refractivity contribution is -0.113. The van der Waals surface area contributed by atoms with Crippen LogP contribution in [-0.2, 0) is 11.3 Å². The second kappa shape index (κ2) is 8.96. The first-order valence-electron chi connectivity index (χ1n) is 9.05. The van der Waals surface area contributed by atoms with Crippen molar-refractivity contribution in [2.75, 3.05) is 11.1 Å². The van der Waals surface area contributed by atoms with Gasteiger partial charge in [0.05, 0.1) is 28.0 Å². The topological polar surface area (TPSA) is 59.8 Å². The lowest BCUT2D eigenvalue weighted by Crippen LogP contribution is -2.15. The van der Waals surface area contributed by atoms with Crippen LogP contribution in [0.4, 0.5) is 5.69 Å². The van der Waals surface area contributed by atoms with Gasteiger partial charge in [0.25, 0.3) is 0 Å². The molecule has 1 aromatic heterocycles. The first kappa shape index (κ1) is 20.5. The van der Waals surface area contributed by atoms with Gasteiger partial charge in [0.15, 0.2) is 5.16 Å². The molecule has 1 aliphatic rings. The lowest BCUT2D eigenvalue weighted by atomic mass is 10.2. The van der Waals surface area contributed by atoms with Crippen molar-refractivity contribution < 1.29 is 4.79 Å². The average molecular weight is 468 g/mol. The Labute approximate surface area is 187 Å². The van der Waals surface area contributed by atoms with Crippen LogP contribution >= 0.6 is 46.6 Å². The number of nitrogens with one attached hydrogen (secondary N) is 1. The highest BCUT2D eigenvalue weighted by Crippen LogP contribution is 2.40. The first-order valence-corrected chi connectivity index (χ1v) is 11.2. The molecule has 1 aliphatic carbocycles. The molecule has 0 radical (unpaired) electrons. The predicted molar refractivity (Wildman–Crippen MR) is 118 cm³/mol. The molecule has 1 N–H and O–H groups in total. The molecule has 1 saturated carbocycles. The van der Waals surface area contributed by atoms with Crippen molar-refractivity contribution >= 4 is 58.2 Å². The van der Waals surface area contributed by atoms with E-state index in [0.717, 1.165) is 23.8 Å². The van der Waals surface area contributed by atoms with Crippen LogP contribution in [0.5, 0.6) is 0 Å². The molecule has 2 aromatic carbocycles. The molecular weight excluding hydrogens is 451 g/mol. The van der Waals surface area contributed by atoms with Gasteiger partial charge in [-0.05, 0) is 30.5 Å². The van der Waals surface area contributed by atoms with E-state index >= 15 is 0 Å². The number of anilines is 1. The third-order valence-corrected chi connectivity index (χ3v) is 6.26. The number of carbonyl (C=O) groups is 1. The zero-order valence-corrected chi connectivity index (χ0v) is 18.3. The van der Waals surface area contributed by atoms with Crippen molar-refractivity contribution in [2.45, 2.75) is 30.5 Å². The molecule has 0 spiro atoms. The Morgan fingerprint density at radius 1 is 1.10 bits per heavy atom. The Morgan fingerprint density at radius 3 is 2.45 bits per heavy atom. The Bertz CT molecular complexity index is 1010. The maximum Gasteiger partial charge on any atom is 0.234 e. The summed E-state index contributed by atoms with van der Waals surface area (Å²) in [6.07, 6.45) is 2.26. The fourth-order valence-corrected chi connectivity index (χ4v) is 4.59. The zero-order valence-electron chi connectivity index (χ0n) is 15.2. The molecule has 0 saturated heterocycles. The van der Waals surface area contributed by atoms with Crippen LogP contribution in [0.25, 0.3) is 0 Å². The molecule has 3 aromatic rings. The van der Waals surface area contributed by atoms with Crippen molar-refractivity contribution in [2.24, 2.45) is 0 Å². The summed E-state index contributed by atoms with van der Waals surface area (Å²) >= 11 is 19.5. The maximum absolute atomic E-state index is 12.5. The SMILES string of the molecule is O=C(CSc1nnc(C2CC2)n1Cc1ccccc1)Nc1c(Cl)cc(Cl)cc1Cl. The number of nitrogens with zero attached hydrogens (tertiary/aromatic N) is 3. The zero-order chi connectivity index (χ0) is 20.4. The standard InChI is InChI=1S/C20H17Cl3N4OS/c21-14-8-15(22)18(16(23)9-14)24-17(28)11-29-20-26-25-19(13-6-7-13)27(20)10-12-4-2-1-3-5-12/h1-5,8-9,13H,6-7,10-11H2,(H,24,28). The molecule has 1 amide bonds. The van der Waals surface area contributed by atoms with E-state index in [0.29, 0.717) is 33.2 Å². The highest BCUT2D eigenvalue weighted by atomic mass is 35.5. The monoisotopic (exact) mass is 466 g/mol. The third-order valence-electron chi connectivity index (χ3n) is 4.48. The minimum absolute atomic E-state index is 0.160. The van der Waals surface area contributed by atoms with Crippen molar-refractivity contribution in [3.05, 3.63) is 68.9 Å². The van der Waals surface area contributed by atoms with E-state index in [2.05, 4.69) is 32.2 Å². The second-order valence-corrected chi connectivity index (χ2v) is 8.96. The molecule has 1 fully saturated rings. The number of hydrogen-bond acceptors (Lipinski definition) is 4. The van der Waals surface area contributed by atoms with Crippen LogP contribution in [0.1, 0.15) is 30.1 Å². The number of hydrogen-bond donors (Lipinski definition) is 1. The van der Waals surface area contributed by atoms with Gasteiger partial charge in [-0.1, -0.05) is 76.9 Å². The van der Waals surface area contributed by atoms with Gasteiger partial charge >= 0.3 is 0 Å². The van der Waals surface area contributed by atoms with Gasteiger partial charge in [-0.15, -0.1) is 10.2 Å². The summed E-state index contributed by atoms with van der Waals surface area (Å²) in [6, 6.07) is 13.2. The molecule has 0 unspecified atom stereocenters. The second-order valence-electron chi connectivity index (χ2n) is 6.77. The Balaban J connectivity index is 1.46. The van der Waals surface area contributed by atoms with Gasteiger partial charge < -0.3 is 9.88 Å². The fraction of sp³-hybridized carbons (Fsp3) is 0.250. The summed E-state index contributed by atoms with van der Waals surface area (Å²) in [5.41, 5.74) is 1.52. The van der Waals surface area contributed by atoms with Gasteiger partial charge in [0, 0.05) is 10.9 Å². The maximum atomic E-state index is 12.5. The first-order chi connectivity index (χ1) is 14.0. The minimum atomic E-state index is -0.233. The number of carbonyl (C=O) groups excluding carboxylic acids is 1. The minimum Gasteiger partial charge on any atom is -0.323 e. The number of aromatic nitrogens is 3. The Morgan fingerprint density at radius 2 is 1.79 bits per heavy atom. The fourth-order valence-electron chi connectivity index (χ4n) is 2.93. The average Bonchev–Trinajstić information content (AvgIpc) is 3.46. The van der Waals surface area contributed by atoms with Crippen molar-refractivity contribution in [1.29, 1.82) is 0 Å². The van der Waals surface area contributed by atoms with Gasteiger partial charge in [-0.3, -0.25) is 4.79 Å². The summed E-state index contributed by atoms with van der Waals surface area (Å²) in [6.45, 7) is 0.679. The summed E-state index contributed by atoms with van der Waals surface area (Å²) in [5, 5.41) is 13.2. The smallest absolute Gasteiger partial charge is 0.234 e. The van der Waals surface area contributed by atoms with E-state index in [1.165, 1.54) is 29.5 Å². The lowest BCUT2D eigenvalue weighted by Gasteiger charge is -2.11. The largest absolute Gasteiger partial charge is 0.323 e. The number of benzene rings is 2. The molecular formula is C20H17Cl3N4OS. The number of amides is 1. The van der Waals surface area contributed by atoms with Crippen molar-refractivity contribution in [3.8, 4) is 0 Å². The van der Waals surface area contributed by atoms with E-state index < -0.39 is 0 Å². The van der Waals surface area contributed by atoms with Gasteiger partial charge in [0.1, 0.15) is 5.82 Å². The highest BCUT2D eigenvalue weighted by Gasteiger charge is 2.30. The van der Waals surface area contributed by atoms with E-state index in [1.807, 2.05) is 18.2 Å². The Kier molecular flexibility index (Phi) is 6.35. The molecule has 150 valence electrons. The molecule has 4 rings (SSSR count). The normalized spacial score (nSPS) is 13.5. The molecule has 1 heterocycles. The molecule has 5 nitrogen and oxygen atoms in total. The summed E-state index contributed by atoms with van der Waals surface area (Å²) in [4.78, 5) is 12.5. The van der Waals surface area contributed by atoms with Crippen LogP contribution in [-0.4, -0.2) is 26.4 Å². The van der Waals surface area contributed by atoms with Gasteiger partial charge in [0.2, 0.25) is 5.91 Å². The number of rotatable bonds is 7. The predicted octanol–water partition coefficient (Wildman–Crippen LogP) is 5.89. The summed E-state index contributed by atoms with van der Waals surface area (Å²) < 4.78 is 2.10. The van der Waals surface area contributed by atoms with Crippen LogP contribution in [0.15, 0.2) is 47.6 Å². The van der Waals surface area contributed by atoms with Crippen LogP contribution in [0.3, 0.4) is 0 Å². The van der Waals surface area contributed by atoms with Crippen LogP contribution in [0.2, 0.25) is 15.1 Å². The third kappa shape index (κ3) is 5.07. The van der Waals surface area contributed by atoms with Crippen LogP contribution < -0.4 is 5.32 Å². The van der Waals surface area contributed by atoms with E-state index in [1.54, 1.807) is 0 Å². The number of halogens is 3. The van der Waals surface area contributed by atoms with Crippen molar-refractivity contribution in [1.82, 2.24) is 14.8 Å². The molecule has 9 heteroatoms. The summed E-state index contributed by atoms with van der Waals surface area (Å²) in [7, 11) is 0. The molecule has 0 aliphatic heterocycles. The number of thioether (sulfide) groups is 1. The van der Waals surface area contributed by atoms with Gasteiger partial charge in [-0.2, -0.15) is 0 Å². The highest BCUT2D eigenvalue weighted by molar-refractivity contribution is 7.99. The quantitative estimate of drug-likeness (QED) is 0.440. The van der Waals surface area contributed by atoms with E-state index in [4.69, 9.17) is 34.8 Å². The molecule has 0 atom stereocenters.